The third kappa shape index (κ3) is 8.20. The van der Waals surface area contributed by atoms with Gasteiger partial charge in [-0.15, -0.1) is 0 Å². The number of pyridine rings is 1. The van der Waals surface area contributed by atoms with Gasteiger partial charge in [-0.2, -0.15) is 0 Å². The van der Waals surface area contributed by atoms with Crippen LogP contribution in [0.4, 0.5) is 0 Å². The summed E-state index contributed by atoms with van der Waals surface area (Å²) < 4.78 is 6.39. The van der Waals surface area contributed by atoms with E-state index in [2.05, 4.69) is 58.4 Å². The summed E-state index contributed by atoms with van der Waals surface area (Å²) in [5.74, 6) is 1.29. The van der Waals surface area contributed by atoms with Gasteiger partial charge < -0.3 is 19.4 Å². The minimum Gasteiger partial charge on any atom is -0.491 e. The van der Waals surface area contributed by atoms with Crippen molar-refractivity contribution in [2.45, 2.75) is 32.1 Å². The number of hydrogen-bond donors (Lipinski definition) is 0. The Labute approximate surface area is 272 Å². The molecule has 0 saturated carbocycles. The summed E-state index contributed by atoms with van der Waals surface area (Å²) in [5.41, 5.74) is 6.21. The van der Waals surface area contributed by atoms with Crippen LogP contribution in [0, 0.1) is 5.92 Å². The van der Waals surface area contributed by atoms with Gasteiger partial charge >= 0.3 is 0 Å². The fraction of sp³-hybridized carbons (Fsp3) is 0.359. The smallest absolute Gasteiger partial charge is 0.253 e. The normalized spacial score (nSPS) is 16.8. The molecule has 0 N–H and O–H groups in total. The third-order valence-electron chi connectivity index (χ3n) is 9.38. The van der Waals surface area contributed by atoms with Gasteiger partial charge in [-0.1, -0.05) is 54.6 Å². The molecule has 2 bridgehead atoms. The number of likely N-dealkylation sites (tertiary alicyclic amines) is 1. The second-order valence-electron chi connectivity index (χ2n) is 12.6. The van der Waals surface area contributed by atoms with Crippen LogP contribution in [0.3, 0.4) is 0 Å². The van der Waals surface area contributed by atoms with E-state index in [4.69, 9.17) is 4.74 Å². The van der Waals surface area contributed by atoms with Crippen LogP contribution < -0.4 is 4.74 Å². The van der Waals surface area contributed by atoms with Crippen LogP contribution in [0.15, 0.2) is 97.3 Å². The molecule has 6 rings (SSSR count). The molecule has 0 spiro atoms. The highest BCUT2D eigenvalue weighted by Gasteiger charge is 2.25. The molecule has 2 aliphatic heterocycles. The highest BCUT2D eigenvalue weighted by atomic mass is 16.5. The fourth-order valence-electron chi connectivity index (χ4n) is 6.55. The van der Waals surface area contributed by atoms with E-state index in [-0.39, 0.29) is 11.8 Å². The number of nitrogens with zero attached hydrogens (tertiary/aromatic N) is 4. The Kier molecular flexibility index (Phi) is 10.4. The van der Waals surface area contributed by atoms with Crippen LogP contribution >= 0.6 is 0 Å². The van der Waals surface area contributed by atoms with E-state index in [1.807, 2.05) is 54.5 Å². The first-order valence-corrected chi connectivity index (χ1v) is 16.6. The SMILES string of the molecule is CN1CCN(C(=O)CC2CCN(CCc3ccccc3)CC2)CCOc2ccc(-c3cccnc3)cc2Cc2cccc(c2)C1=O. The second-order valence-corrected chi connectivity index (χ2v) is 12.6. The van der Waals surface area contributed by atoms with Gasteiger partial charge in [0.25, 0.3) is 5.91 Å². The zero-order valence-electron chi connectivity index (χ0n) is 26.8. The van der Waals surface area contributed by atoms with Crippen molar-refractivity contribution in [3.63, 3.8) is 0 Å². The van der Waals surface area contributed by atoms with E-state index < -0.39 is 0 Å². The molecule has 238 valence electrons. The van der Waals surface area contributed by atoms with Crippen molar-refractivity contribution in [2.24, 2.45) is 5.92 Å². The summed E-state index contributed by atoms with van der Waals surface area (Å²) in [6.07, 6.45) is 7.92. The molecule has 2 aliphatic rings. The maximum absolute atomic E-state index is 13.7. The van der Waals surface area contributed by atoms with Crippen LogP contribution in [-0.4, -0.2) is 84.4 Å². The average molecular weight is 617 g/mol. The Morgan fingerprint density at radius 1 is 0.848 bits per heavy atom. The van der Waals surface area contributed by atoms with E-state index in [0.29, 0.717) is 50.6 Å². The molecule has 0 atom stereocenters. The average Bonchev–Trinajstić information content (AvgIpc) is 3.10. The van der Waals surface area contributed by atoms with E-state index >= 15 is 0 Å². The molecular formula is C39H44N4O3. The summed E-state index contributed by atoms with van der Waals surface area (Å²) in [4.78, 5) is 37.6. The fourth-order valence-corrected chi connectivity index (χ4v) is 6.55. The largest absolute Gasteiger partial charge is 0.491 e. The number of carbonyl (C=O) groups excluding carboxylic acids is 2. The van der Waals surface area contributed by atoms with Gasteiger partial charge in [-0.05, 0) is 90.9 Å². The molecule has 2 amide bonds. The van der Waals surface area contributed by atoms with Crippen LogP contribution in [0.25, 0.3) is 11.1 Å². The number of piperidine rings is 1. The molecular weight excluding hydrogens is 572 g/mol. The molecule has 3 heterocycles. The minimum atomic E-state index is -0.0326. The van der Waals surface area contributed by atoms with Crippen molar-refractivity contribution in [3.05, 3.63) is 120 Å². The molecule has 1 aromatic heterocycles. The van der Waals surface area contributed by atoms with Crippen molar-refractivity contribution in [1.82, 2.24) is 19.7 Å². The zero-order chi connectivity index (χ0) is 31.7. The summed E-state index contributed by atoms with van der Waals surface area (Å²) >= 11 is 0. The quantitative estimate of drug-likeness (QED) is 0.267. The molecule has 1 saturated heterocycles. The number of aromatic nitrogens is 1. The van der Waals surface area contributed by atoms with Gasteiger partial charge in [-0.25, -0.2) is 0 Å². The van der Waals surface area contributed by atoms with Gasteiger partial charge in [0.2, 0.25) is 5.91 Å². The number of benzene rings is 3. The molecule has 0 aliphatic carbocycles. The Balaban J connectivity index is 1.13. The standard InChI is InChI=1S/C39H44N4O3/c1-41-21-22-43(38(44)27-31-15-19-42(20-16-31)18-14-30-7-3-2-4-8-30)23-24-46-37-13-12-33(35-11-6-17-40-29-35)28-36(37)26-32-9-5-10-34(25-32)39(41)45/h2-13,17,25,28-29,31H,14-16,18-24,26-27H2,1H3. The van der Waals surface area contributed by atoms with E-state index in [0.717, 1.165) is 66.9 Å². The Morgan fingerprint density at radius 2 is 1.67 bits per heavy atom. The first-order valence-electron chi connectivity index (χ1n) is 16.6. The number of carbonyl (C=O) groups is 2. The highest BCUT2D eigenvalue weighted by Crippen LogP contribution is 2.29. The third-order valence-corrected chi connectivity index (χ3v) is 9.38. The topological polar surface area (TPSA) is 66.0 Å². The molecule has 7 heteroatoms. The van der Waals surface area contributed by atoms with Crippen molar-refractivity contribution in [1.29, 1.82) is 0 Å². The van der Waals surface area contributed by atoms with Crippen LogP contribution in [-0.2, 0) is 17.6 Å². The molecule has 46 heavy (non-hydrogen) atoms. The van der Waals surface area contributed by atoms with E-state index in [1.54, 1.807) is 11.1 Å². The van der Waals surface area contributed by atoms with Crippen LogP contribution in [0.2, 0.25) is 0 Å². The van der Waals surface area contributed by atoms with Crippen molar-refractivity contribution in [2.75, 3.05) is 52.9 Å². The summed E-state index contributed by atoms with van der Waals surface area (Å²) in [6.45, 7) is 4.93. The first kappa shape index (κ1) is 31.5. The number of ether oxygens (including phenoxy) is 1. The van der Waals surface area contributed by atoms with E-state index in [9.17, 15) is 9.59 Å². The summed E-state index contributed by atoms with van der Waals surface area (Å²) in [6, 6.07) is 28.7. The van der Waals surface area contributed by atoms with Crippen molar-refractivity contribution < 1.29 is 14.3 Å². The molecule has 1 fully saturated rings. The molecule has 7 nitrogen and oxygen atoms in total. The molecule has 0 radical (unpaired) electrons. The zero-order valence-corrected chi connectivity index (χ0v) is 26.8. The molecule has 4 aromatic rings. The predicted molar refractivity (Wildman–Crippen MR) is 182 cm³/mol. The Bertz CT molecular complexity index is 1600. The lowest BCUT2D eigenvalue weighted by Gasteiger charge is -2.33. The monoisotopic (exact) mass is 616 g/mol. The number of amides is 2. The number of fused-ring (bicyclic) bond motifs is 3. The molecule has 3 aromatic carbocycles. The second kappa shape index (κ2) is 15.2. The van der Waals surface area contributed by atoms with Gasteiger partial charge in [0, 0.05) is 63.0 Å². The lowest BCUT2D eigenvalue weighted by Crippen LogP contribution is -2.43. The number of hydrogen-bond acceptors (Lipinski definition) is 5. The van der Waals surface area contributed by atoms with E-state index in [1.165, 1.54) is 5.56 Å². The lowest BCUT2D eigenvalue weighted by atomic mass is 9.92. The van der Waals surface area contributed by atoms with Gasteiger partial charge in [0.1, 0.15) is 12.4 Å². The first-order chi connectivity index (χ1) is 22.5. The number of likely N-dealkylation sites (N-methyl/N-ethyl adjacent to an activating group) is 1. The summed E-state index contributed by atoms with van der Waals surface area (Å²) in [5, 5.41) is 0. The van der Waals surface area contributed by atoms with Crippen LogP contribution in [0.5, 0.6) is 5.75 Å². The maximum Gasteiger partial charge on any atom is 0.253 e. The Hall–Kier alpha value is -4.49. The lowest BCUT2D eigenvalue weighted by molar-refractivity contribution is -0.133. The van der Waals surface area contributed by atoms with Gasteiger partial charge in [0.15, 0.2) is 0 Å². The summed E-state index contributed by atoms with van der Waals surface area (Å²) in [7, 11) is 1.82. The number of rotatable bonds is 6. The van der Waals surface area contributed by atoms with Crippen molar-refractivity contribution >= 4 is 11.8 Å². The van der Waals surface area contributed by atoms with Gasteiger partial charge in [-0.3, -0.25) is 14.6 Å². The minimum absolute atomic E-state index is 0.0326. The van der Waals surface area contributed by atoms with Crippen molar-refractivity contribution in [3.8, 4) is 16.9 Å². The maximum atomic E-state index is 13.7. The predicted octanol–water partition coefficient (Wildman–Crippen LogP) is 5.98. The molecule has 0 unspecified atom stereocenters. The highest BCUT2D eigenvalue weighted by molar-refractivity contribution is 5.94. The van der Waals surface area contributed by atoms with Crippen LogP contribution in [0.1, 0.15) is 46.3 Å². The van der Waals surface area contributed by atoms with Gasteiger partial charge in [0.05, 0.1) is 6.54 Å². The Morgan fingerprint density at radius 3 is 2.48 bits per heavy atom.